The minimum Gasteiger partial charge on any atom is -1.00 e. The van der Waals surface area contributed by atoms with E-state index in [-0.39, 0.29) is 12.4 Å². The molecule has 1 heterocycles. The van der Waals surface area contributed by atoms with Crippen molar-refractivity contribution in [3.05, 3.63) is 23.8 Å². The van der Waals surface area contributed by atoms with E-state index in [1.807, 2.05) is 6.07 Å². The summed E-state index contributed by atoms with van der Waals surface area (Å²) in [6.45, 7) is 5.48. The molecule has 4 heteroatoms. The maximum absolute atomic E-state index is 5.54. The first-order valence-corrected chi connectivity index (χ1v) is 5.99. The van der Waals surface area contributed by atoms with E-state index in [0.717, 1.165) is 24.6 Å². The van der Waals surface area contributed by atoms with E-state index >= 15 is 0 Å². The highest BCUT2D eigenvalue weighted by Gasteiger charge is 2.11. The SMILES string of the molecule is CCCCNCc1ccc2c(c1)OCCO2.[Cl-]. The Labute approximate surface area is 109 Å². The van der Waals surface area contributed by atoms with Gasteiger partial charge < -0.3 is 27.2 Å². The van der Waals surface area contributed by atoms with Crippen LogP contribution < -0.4 is 27.2 Å². The third-order valence-electron chi connectivity index (χ3n) is 2.64. The molecular formula is C13H19ClNO2-. The number of hydrogen-bond acceptors (Lipinski definition) is 3. The molecule has 1 aromatic rings. The monoisotopic (exact) mass is 256 g/mol. The summed E-state index contributed by atoms with van der Waals surface area (Å²) < 4.78 is 11.0. The molecule has 3 nitrogen and oxygen atoms in total. The molecule has 1 aromatic carbocycles. The van der Waals surface area contributed by atoms with E-state index < -0.39 is 0 Å². The molecule has 1 N–H and O–H groups in total. The van der Waals surface area contributed by atoms with Crippen molar-refractivity contribution in [3.63, 3.8) is 0 Å². The van der Waals surface area contributed by atoms with Crippen LogP contribution in [-0.2, 0) is 6.54 Å². The molecular weight excluding hydrogens is 238 g/mol. The Morgan fingerprint density at radius 1 is 1.18 bits per heavy atom. The van der Waals surface area contributed by atoms with E-state index in [9.17, 15) is 0 Å². The molecule has 1 aliphatic heterocycles. The summed E-state index contributed by atoms with van der Waals surface area (Å²) >= 11 is 0. The van der Waals surface area contributed by atoms with Crippen molar-refractivity contribution < 1.29 is 21.9 Å². The van der Waals surface area contributed by atoms with Crippen LogP contribution in [0.25, 0.3) is 0 Å². The fraction of sp³-hybridized carbons (Fsp3) is 0.538. The number of rotatable bonds is 5. The molecule has 0 saturated heterocycles. The molecule has 0 saturated carbocycles. The van der Waals surface area contributed by atoms with Crippen LogP contribution in [0, 0.1) is 0 Å². The van der Waals surface area contributed by atoms with Crippen LogP contribution in [0.15, 0.2) is 18.2 Å². The third kappa shape index (κ3) is 4.10. The number of fused-ring (bicyclic) bond motifs is 1. The standard InChI is InChI=1S/C13H19NO2.ClH/c1-2-3-6-14-10-11-4-5-12-13(9-11)16-8-7-15-12;/h4-5,9,14H,2-3,6-8,10H2,1H3;1H/p-1. The van der Waals surface area contributed by atoms with Gasteiger partial charge in [-0.15, -0.1) is 0 Å². The van der Waals surface area contributed by atoms with Gasteiger partial charge in [-0.2, -0.15) is 0 Å². The predicted octanol–water partition coefficient (Wildman–Crippen LogP) is -0.648. The van der Waals surface area contributed by atoms with Crippen LogP contribution in [0.2, 0.25) is 0 Å². The zero-order valence-electron chi connectivity index (χ0n) is 10.2. The highest BCUT2D eigenvalue weighted by molar-refractivity contribution is 5.43. The summed E-state index contributed by atoms with van der Waals surface area (Å²) in [5.74, 6) is 1.74. The van der Waals surface area contributed by atoms with Crippen molar-refractivity contribution in [1.29, 1.82) is 0 Å². The highest BCUT2D eigenvalue weighted by atomic mass is 35.5. The summed E-state index contributed by atoms with van der Waals surface area (Å²) in [6, 6.07) is 6.14. The molecule has 2 rings (SSSR count). The first-order valence-electron chi connectivity index (χ1n) is 5.99. The summed E-state index contributed by atoms with van der Waals surface area (Å²) in [5, 5.41) is 3.41. The van der Waals surface area contributed by atoms with Crippen molar-refractivity contribution in [1.82, 2.24) is 5.32 Å². The number of nitrogens with one attached hydrogen (secondary N) is 1. The minimum absolute atomic E-state index is 0. The van der Waals surface area contributed by atoms with Crippen molar-refractivity contribution in [2.75, 3.05) is 19.8 Å². The molecule has 17 heavy (non-hydrogen) atoms. The molecule has 0 atom stereocenters. The van der Waals surface area contributed by atoms with Gasteiger partial charge in [-0.25, -0.2) is 0 Å². The topological polar surface area (TPSA) is 30.5 Å². The Bertz CT molecular complexity index is 344. The Balaban J connectivity index is 0.00000144. The van der Waals surface area contributed by atoms with Crippen molar-refractivity contribution in [2.24, 2.45) is 0 Å². The van der Waals surface area contributed by atoms with Crippen LogP contribution >= 0.6 is 0 Å². The fourth-order valence-electron chi connectivity index (χ4n) is 1.73. The predicted molar refractivity (Wildman–Crippen MR) is 64.0 cm³/mol. The van der Waals surface area contributed by atoms with Gasteiger partial charge in [0.15, 0.2) is 11.5 Å². The van der Waals surface area contributed by atoms with Crippen LogP contribution in [0.1, 0.15) is 25.3 Å². The molecule has 0 aliphatic carbocycles. The Morgan fingerprint density at radius 2 is 1.94 bits per heavy atom. The lowest BCUT2D eigenvalue weighted by molar-refractivity contribution is -0.00000398. The zero-order valence-corrected chi connectivity index (χ0v) is 10.9. The number of halogens is 1. The van der Waals surface area contributed by atoms with Gasteiger partial charge in [0.25, 0.3) is 0 Å². The summed E-state index contributed by atoms with van der Waals surface area (Å²) in [4.78, 5) is 0. The maximum atomic E-state index is 5.54. The molecule has 0 radical (unpaired) electrons. The number of benzene rings is 1. The minimum atomic E-state index is 0. The lowest BCUT2D eigenvalue weighted by atomic mass is 10.2. The van der Waals surface area contributed by atoms with Crippen LogP contribution in [0.4, 0.5) is 0 Å². The smallest absolute Gasteiger partial charge is 0.161 e. The fourth-order valence-corrected chi connectivity index (χ4v) is 1.73. The Hall–Kier alpha value is -0.930. The maximum Gasteiger partial charge on any atom is 0.161 e. The van der Waals surface area contributed by atoms with Gasteiger partial charge in [0, 0.05) is 6.54 Å². The molecule has 1 aliphatic rings. The Kier molecular flexibility index (Phi) is 6.16. The highest BCUT2D eigenvalue weighted by Crippen LogP contribution is 2.30. The normalized spacial score (nSPS) is 13.0. The van der Waals surface area contributed by atoms with Gasteiger partial charge in [-0.3, -0.25) is 0 Å². The van der Waals surface area contributed by atoms with Crippen molar-refractivity contribution in [2.45, 2.75) is 26.3 Å². The first kappa shape index (κ1) is 14.1. The van der Waals surface area contributed by atoms with Gasteiger partial charge in [0.2, 0.25) is 0 Å². The lowest BCUT2D eigenvalue weighted by Crippen LogP contribution is -3.00. The molecule has 0 spiro atoms. The van der Waals surface area contributed by atoms with Crippen molar-refractivity contribution in [3.8, 4) is 11.5 Å². The molecule has 0 bridgehead atoms. The Morgan fingerprint density at radius 3 is 2.71 bits per heavy atom. The largest absolute Gasteiger partial charge is 1.00 e. The van der Waals surface area contributed by atoms with E-state index in [1.54, 1.807) is 0 Å². The number of unbranched alkanes of at least 4 members (excludes halogenated alkanes) is 1. The van der Waals surface area contributed by atoms with Gasteiger partial charge >= 0.3 is 0 Å². The molecule has 0 unspecified atom stereocenters. The van der Waals surface area contributed by atoms with Crippen LogP contribution in [0.3, 0.4) is 0 Å². The second kappa shape index (κ2) is 7.41. The summed E-state index contributed by atoms with van der Waals surface area (Å²) in [5.41, 5.74) is 1.25. The summed E-state index contributed by atoms with van der Waals surface area (Å²) in [6.07, 6.45) is 2.46. The second-order valence-electron chi connectivity index (χ2n) is 4.01. The average Bonchev–Trinajstić information content (AvgIpc) is 2.34. The van der Waals surface area contributed by atoms with E-state index in [4.69, 9.17) is 9.47 Å². The van der Waals surface area contributed by atoms with Crippen molar-refractivity contribution >= 4 is 0 Å². The van der Waals surface area contributed by atoms with E-state index in [2.05, 4.69) is 24.4 Å². The van der Waals surface area contributed by atoms with Gasteiger partial charge in [0.1, 0.15) is 13.2 Å². The van der Waals surface area contributed by atoms with Crippen LogP contribution in [0.5, 0.6) is 11.5 Å². The average molecular weight is 257 g/mol. The third-order valence-corrected chi connectivity index (χ3v) is 2.64. The number of hydrogen-bond donors (Lipinski definition) is 1. The summed E-state index contributed by atoms with van der Waals surface area (Å²) in [7, 11) is 0. The van der Waals surface area contributed by atoms with Crippen LogP contribution in [-0.4, -0.2) is 19.8 Å². The van der Waals surface area contributed by atoms with Gasteiger partial charge in [-0.05, 0) is 30.7 Å². The van der Waals surface area contributed by atoms with Gasteiger partial charge in [0.05, 0.1) is 0 Å². The van der Waals surface area contributed by atoms with E-state index in [1.165, 1.54) is 18.4 Å². The van der Waals surface area contributed by atoms with Gasteiger partial charge in [-0.1, -0.05) is 19.4 Å². The van der Waals surface area contributed by atoms with E-state index in [0.29, 0.717) is 13.2 Å². The molecule has 0 aromatic heterocycles. The molecule has 0 fully saturated rings. The lowest BCUT2D eigenvalue weighted by Gasteiger charge is -2.18. The number of ether oxygens (including phenoxy) is 2. The second-order valence-corrected chi connectivity index (χ2v) is 4.01. The molecule has 0 amide bonds. The molecule has 96 valence electrons. The first-order chi connectivity index (χ1) is 7.90. The zero-order chi connectivity index (χ0) is 11.2. The quantitative estimate of drug-likeness (QED) is 0.711.